The second-order valence-electron chi connectivity index (χ2n) is 7.90. The molecule has 0 aliphatic heterocycles. The van der Waals surface area contributed by atoms with E-state index in [1.165, 1.54) is 0 Å². The number of ketones is 1. The fraction of sp³-hybridized carbons (Fsp3) is 0.381. The van der Waals surface area contributed by atoms with Crippen LogP contribution in [0.25, 0.3) is 0 Å². The van der Waals surface area contributed by atoms with Gasteiger partial charge in [-0.2, -0.15) is 0 Å². The fourth-order valence-electron chi connectivity index (χ4n) is 3.23. The van der Waals surface area contributed by atoms with Crippen LogP contribution in [0.5, 0.6) is 0 Å². The molecule has 0 bridgehead atoms. The zero-order valence-corrected chi connectivity index (χ0v) is 19.5. The fourth-order valence-corrected chi connectivity index (χ4v) is 6.53. The molecule has 1 N–H and O–H groups in total. The topological polar surface area (TPSA) is 46.2 Å². The zero-order valence-electron chi connectivity index (χ0n) is 16.3. The van der Waals surface area contributed by atoms with E-state index in [2.05, 4.69) is 5.09 Å². The Bertz CT molecular complexity index is 802. The Labute approximate surface area is 182 Å². The monoisotopic (exact) mass is 459 g/mol. The minimum absolute atomic E-state index is 0.426. The van der Waals surface area contributed by atoms with Crippen molar-refractivity contribution in [2.24, 2.45) is 11.3 Å². The molecule has 0 saturated heterocycles. The van der Waals surface area contributed by atoms with Crippen molar-refractivity contribution < 1.29 is 9.36 Å². The maximum Gasteiger partial charge on any atom is 0.249 e. The summed E-state index contributed by atoms with van der Waals surface area (Å²) in [6.07, 6.45) is 0. The highest BCUT2D eigenvalue weighted by Crippen LogP contribution is 2.44. The predicted octanol–water partition coefficient (Wildman–Crippen LogP) is 5.50. The molecule has 0 heterocycles. The van der Waals surface area contributed by atoms with E-state index in [0.717, 1.165) is 0 Å². The number of hydrogen-bond donors (Lipinski definition) is 1. The summed E-state index contributed by atoms with van der Waals surface area (Å²) in [6, 6.07) is 17.9. The van der Waals surface area contributed by atoms with Gasteiger partial charge in [-0.25, -0.2) is 0 Å². The lowest BCUT2D eigenvalue weighted by Crippen LogP contribution is -2.50. The molecule has 0 aromatic heterocycles. The average Bonchev–Trinajstić information content (AvgIpc) is 2.64. The van der Waals surface area contributed by atoms with Gasteiger partial charge in [-0.1, -0.05) is 98.9 Å². The van der Waals surface area contributed by atoms with E-state index < -0.39 is 34.2 Å². The smallest absolute Gasteiger partial charge is 0.249 e. The molecule has 28 heavy (non-hydrogen) atoms. The van der Waals surface area contributed by atoms with Crippen LogP contribution < -0.4 is 15.7 Å². The minimum Gasteiger partial charge on any atom is -0.297 e. The number of Topliss-reactive ketones (excluding diaryl/α,β-unsaturated/α-hetero) is 1. The summed E-state index contributed by atoms with van der Waals surface area (Å²) in [7, 11) is -3.25. The van der Waals surface area contributed by atoms with Crippen LogP contribution in [0.15, 0.2) is 60.7 Å². The van der Waals surface area contributed by atoms with Gasteiger partial charge in [0.05, 0.1) is 0 Å². The molecule has 0 aliphatic carbocycles. The van der Waals surface area contributed by atoms with Crippen LogP contribution in [0.2, 0.25) is 0 Å². The quantitative estimate of drug-likeness (QED) is 0.458. The second-order valence-corrected chi connectivity index (χ2v) is 12.7. The first-order valence-corrected chi connectivity index (χ1v) is 11.8. The number of carbonyl (C=O) groups excluding carboxylic acids is 1. The van der Waals surface area contributed by atoms with Crippen LogP contribution in [0.4, 0.5) is 0 Å². The number of carbonyl (C=O) groups is 1. The van der Waals surface area contributed by atoms with Gasteiger partial charge in [0.2, 0.25) is 11.1 Å². The van der Waals surface area contributed by atoms with E-state index in [4.69, 9.17) is 34.8 Å². The van der Waals surface area contributed by atoms with E-state index in [0.29, 0.717) is 10.6 Å². The van der Waals surface area contributed by atoms with E-state index in [1.807, 2.05) is 81.4 Å². The average molecular weight is 461 g/mol. The summed E-state index contributed by atoms with van der Waals surface area (Å²) in [5.74, 6) is -1.20. The lowest BCUT2D eigenvalue weighted by atomic mass is 9.79. The zero-order chi connectivity index (χ0) is 21.2. The molecular formula is C21H25Cl3NO2P. The predicted molar refractivity (Wildman–Crippen MR) is 121 cm³/mol. The Hall–Kier alpha value is -0.830. The summed E-state index contributed by atoms with van der Waals surface area (Å²) in [4.78, 5) is 12.7. The van der Waals surface area contributed by atoms with Gasteiger partial charge in [0.25, 0.3) is 0 Å². The molecule has 0 fully saturated rings. The van der Waals surface area contributed by atoms with Crippen molar-refractivity contribution in [1.29, 1.82) is 0 Å². The van der Waals surface area contributed by atoms with Crippen molar-refractivity contribution >= 4 is 58.5 Å². The van der Waals surface area contributed by atoms with E-state index >= 15 is 0 Å². The number of nitrogens with one attached hydrogen (secondary N) is 1. The first-order valence-electron chi connectivity index (χ1n) is 8.97. The third-order valence-electron chi connectivity index (χ3n) is 4.69. The molecule has 2 aromatic rings. The molecule has 2 rings (SSSR count). The molecule has 0 unspecified atom stereocenters. The first kappa shape index (κ1) is 23.4. The maximum absolute atomic E-state index is 14.3. The highest BCUT2D eigenvalue weighted by molar-refractivity contribution is 7.76. The minimum atomic E-state index is -3.25. The largest absolute Gasteiger partial charge is 0.297 e. The van der Waals surface area contributed by atoms with E-state index in [9.17, 15) is 9.36 Å². The number of benzene rings is 2. The Morgan fingerprint density at radius 1 is 0.893 bits per heavy atom. The third-order valence-corrected chi connectivity index (χ3v) is 7.94. The van der Waals surface area contributed by atoms with Gasteiger partial charge >= 0.3 is 0 Å². The summed E-state index contributed by atoms with van der Waals surface area (Å²) in [5, 5.41) is 4.63. The number of halogens is 3. The van der Waals surface area contributed by atoms with Crippen molar-refractivity contribution in [2.75, 3.05) is 0 Å². The molecule has 3 nitrogen and oxygen atoms in total. The van der Waals surface area contributed by atoms with Crippen molar-refractivity contribution in [3.63, 3.8) is 0 Å². The Balaban J connectivity index is 2.57. The van der Waals surface area contributed by atoms with Gasteiger partial charge in [0.15, 0.2) is 5.78 Å². The highest BCUT2D eigenvalue weighted by atomic mass is 35.6. The van der Waals surface area contributed by atoms with E-state index in [1.54, 1.807) is 6.92 Å². The molecule has 0 spiro atoms. The molecular weight excluding hydrogens is 436 g/mol. The van der Waals surface area contributed by atoms with Crippen LogP contribution >= 0.6 is 42.1 Å². The van der Waals surface area contributed by atoms with Crippen molar-refractivity contribution in [3.05, 3.63) is 60.7 Å². The van der Waals surface area contributed by atoms with Crippen LogP contribution in [0, 0.1) is 11.3 Å². The SMILES string of the molecule is C[C@H](C(=O)C(Cl)(Cl)Cl)[C@H](NP(=O)(c1ccccc1)c1ccccc1)C(C)(C)C. The number of rotatable bonds is 6. The lowest BCUT2D eigenvalue weighted by Gasteiger charge is -2.39. The maximum atomic E-state index is 14.3. The molecule has 2 atom stereocenters. The van der Waals surface area contributed by atoms with Crippen LogP contribution in [0.1, 0.15) is 27.7 Å². The summed E-state index contributed by atoms with van der Waals surface area (Å²) >= 11 is 17.6. The first-order chi connectivity index (χ1) is 12.9. The second kappa shape index (κ2) is 8.90. The van der Waals surface area contributed by atoms with Crippen LogP contribution in [0.3, 0.4) is 0 Å². The van der Waals surface area contributed by atoms with Gasteiger partial charge in [-0.15, -0.1) is 0 Å². The van der Waals surface area contributed by atoms with Crippen molar-refractivity contribution in [3.8, 4) is 0 Å². The van der Waals surface area contributed by atoms with Crippen LogP contribution in [-0.4, -0.2) is 15.6 Å². The summed E-state index contributed by atoms with van der Waals surface area (Å²) in [5.41, 5.74) is -0.426. The van der Waals surface area contributed by atoms with E-state index in [-0.39, 0.29) is 0 Å². The normalized spacial score (nSPS) is 15.1. The standard InChI is InChI=1S/C21H25Cl3NO2P/c1-15(19(26)21(22,23)24)18(20(2,3)4)25-28(27,16-11-7-5-8-12-16)17-13-9-6-10-14-17/h5-15,18H,1-4H3,(H,25,27)/t15-,18-/m0/s1. The van der Waals surface area contributed by atoms with Crippen molar-refractivity contribution in [1.82, 2.24) is 5.09 Å². The molecule has 0 aliphatic rings. The van der Waals surface area contributed by atoms with Gasteiger partial charge < -0.3 is 0 Å². The highest BCUT2D eigenvalue weighted by Gasteiger charge is 2.44. The van der Waals surface area contributed by atoms with Gasteiger partial charge in [0.1, 0.15) is 0 Å². The molecule has 0 saturated carbocycles. The van der Waals surface area contributed by atoms with Crippen molar-refractivity contribution in [2.45, 2.75) is 37.5 Å². The molecule has 152 valence electrons. The van der Waals surface area contributed by atoms with Gasteiger partial charge in [-0.3, -0.25) is 14.4 Å². The number of hydrogen-bond acceptors (Lipinski definition) is 2. The third kappa shape index (κ3) is 5.40. The van der Waals surface area contributed by atoms with Gasteiger partial charge in [0, 0.05) is 22.6 Å². The summed E-state index contributed by atoms with van der Waals surface area (Å²) in [6.45, 7) is 7.60. The molecule has 0 radical (unpaired) electrons. The Morgan fingerprint density at radius 2 is 1.29 bits per heavy atom. The van der Waals surface area contributed by atoms with Gasteiger partial charge in [-0.05, 0) is 29.7 Å². The Kier molecular flexibility index (Phi) is 7.45. The summed E-state index contributed by atoms with van der Waals surface area (Å²) < 4.78 is 12.3. The molecule has 2 aromatic carbocycles. The molecule has 0 amide bonds. The molecule has 7 heteroatoms. The van der Waals surface area contributed by atoms with Crippen LogP contribution in [-0.2, 0) is 9.36 Å². The number of alkyl halides is 3. The Morgan fingerprint density at radius 3 is 1.61 bits per heavy atom. The lowest BCUT2D eigenvalue weighted by molar-refractivity contribution is -0.123.